The summed E-state index contributed by atoms with van der Waals surface area (Å²) >= 11 is 0. The molecule has 5 heteroatoms. The SMILES string of the molecule is C=C(C)CCC(O)c1cc(OC)c2c(OC)ccc(OC)c2c1OC. The first-order chi connectivity index (χ1) is 12.0. The molecule has 0 saturated heterocycles. The smallest absolute Gasteiger partial charge is 0.136 e. The second-order valence-corrected chi connectivity index (χ2v) is 5.93. The van der Waals surface area contributed by atoms with Crippen LogP contribution in [0.25, 0.3) is 10.8 Å². The van der Waals surface area contributed by atoms with Crippen LogP contribution in [0.3, 0.4) is 0 Å². The van der Waals surface area contributed by atoms with E-state index in [2.05, 4.69) is 6.58 Å². The third-order valence-corrected chi connectivity index (χ3v) is 4.22. The monoisotopic (exact) mass is 346 g/mol. The highest BCUT2D eigenvalue weighted by atomic mass is 16.5. The van der Waals surface area contributed by atoms with Crippen molar-refractivity contribution in [2.75, 3.05) is 28.4 Å². The van der Waals surface area contributed by atoms with Crippen molar-refractivity contribution in [1.29, 1.82) is 0 Å². The van der Waals surface area contributed by atoms with Gasteiger partial charge in [-0.25, -0.2) is 0 Å². The number of rotatable bonds is 8. The molecule has 0 spiro atoms. The largest absolute Gasteiger partial charge is 0.496 e. The first-order valence-electron chi connectivity index (χ1n) is 8.10. The maximum atomic E-state index is 10.7. The summed E-state index contributed by atoms with van der Waals surface area (Å²) in [5.74, 6) is 2.42. The fourth-order valence-electron chi connectivity index (χ4n) is 2.97. The minimum Gasteiger partial charge on any atom is -0.496 e. The van der Waals surface area contributed by atoms with Crippen LogP contribution in [-0.4, -0.2) is 33.5 Å². The van der Waals surface area contributed by atoms with Gasteiger partial charge >= 0.3 is 0 Å². The van der Waals surface area contributed by atoms with E-state index < -0.39 is 6.10 Å². The van der Waals surface area contributed by atoms with E-state index in [1.54, 1.807) is 34.5 Å². The Morgan fingerprint density at radius 3 is 2.00 bits per heavy atom. The summed E-state index contributed by atoms with van der Waals surface area (Å²) in [7, 11) is 6.36. The van der Waals surface area contributed by atoms with E-state index in [0.717, 1.165) is 17.4 Å². The molecule has 0 aliphatic carbocycles. The summed E-state index contributed by atoms with van der Waals surface area (Å²) in [5, 5.41) is 12.2. The molecule has 0 aliphatic heterocycles. The number of allylic oxidation sites excluding steroid dienone is 1. The molecule has 0 aliphatic rings. The van der Waals surface area contributed by atoms with Crippen LogP contribution in [0.15, 0.2) is 30.4 Å². The zero-order valence-electron chi connectivity index (χ0n) is 15.5. The quantitative estimate of drug-likeness (QED) is 0.724. The van der Waals surface area contributed by atoms with Gasteiger partial charge in [0, 0.05) is 5.56 Å². The van der Waals surface area contributed by atoms with Gasteiger partial charge in [0.25, 0.3) is 0 Å². The average Bonchev–Trinajstić information content (AvgIpc) is 2.63. The first kappa shape index (κ1) is 18.9. The lowest BCUT2D eigenvalue weighted by atomic mass is 9.96. The molecule has 1 unspecified atom stereocenters. The van der Waals surface area contributed by atoms with Gasteiger partial charge in [-0.05, 0) is 38.0 Å². The minimum absolute atomic E-state index is 0.548. The molecule has 1 atom stereocenters. The number of aliphatic hydroxyl groups excluding tert-OH is 1. The summed E-state index contributed by atoms with van der Waals surface area (Å²) in [6.45, 7) is 5.84. The van der Waals surface area contributed by atoms with E-state index in [9.17, 15) is 5.11 Å². The Labute approximate surface area is 148 Å². The number of methoxy groups -OCH3 is 4. The molecular formula is C20H26O5. The van der Waals surface area contributed by atoms with Crippen LogP contribution in [0, 0.1) is 0 Å². The summed E-state index contributed by atoms with van der Waals surface area (Å²) in [6, 6.07) is 5.43. The number of hydrogen-bond donors (Lipinski definition) is 1. The van der Waals surface area contributed by atoms with Gasteiger partial charge in [0.2, 0.25) is 0 Å². The lowest BCUT2D eigenvalue weighted by molar-refractivity contribution is 0.163. The van der Waals surface area contributed by atoms with E-state index in [0.29, 0.717) is 40.4 Å². The molecule has 0 bridgehead atoms. The average molecular weight is 346 g/mol. The van der Waals surface area contributed by atoms with E-state index in [4.69, 9.17) is 18.9 Å². The zero-order chi connectivity index (χ0) is 18.6. The Kier molecular flexibility index (Phi) is 6.15. The van der Waals surface area contributed by atoms with Gasteiger partial charge in [0.15, 0.2) is 0 Å². The molecule has 0 saturated carbocycles. The van der Waals surface area contributed by atoms with E-state index in [1.165, 1.54) is 0 Å². The van der Waals surface area contributed by atoms with Gasteiger partial charge in [-0.15, -0.1) is 6.58 Å². The van der Waals surface area contributed by atoms with E-state index >= 15 is 0 Å². The van der Waals surface area contributed by atoms with Crippen molar-refractivity contribution in [2.24, 2.45) is 0 Å². The van der Waals surface area contributed by atoms with Crippen molar-refractivity contribution in [3.63, 3.8) is 0 Å². The Morgan fingerprint density at radius 1 is 0.960 bits per heavy atom. The van der Waals surface area contributed by atoms with Gasteiger partial charge in [0.05, 0.1) is 45.3 Å². The summed E-state index contributed by atoms with van der Waals surface area (Å²) in [4.78, 5) is 0. The molecular weight excluding hydrogens is 320 g/mol. The topological polar surface area (TPSA) is 57.2 Å². The normalized spacial score (nSPS) is 11.9. The number of hydrogen-bond acceptors (Lipinski definition) is 5. The second-order valence-electron chi connectivity index (χ2n) is 5.93. The second kappa shape index (κ2) is 8.12. The van der Waals surface area contributed by atoms with Gasteiger partial charge in [-0.2, -0.15) is 0 Å². The molecule has 0 fully saturated rings. The van der Waals surface area contributed by atoms with Crippen LogP contribution in [0.2, 0.25) is 0 Å². The Morgan fingerprint density at radius 2 is 1.52 bits per heavy atom. The zero-order valence-corrected chi connectivity index (χ0v) is 15.5. The predicted octanol–water partition coefficient (Wildman–Crippen LogP) is 4.26. The molecule has 2 aromatic carbocycles. The fourth-order valence-corrected chi connectivity index (χ4v) is 2.97. The third-order valence-electron chi connectivity index (χ3n) is 4.22. The number of ether oxygens (including phenoxy) is 4. The van der Waals surface area contributed by atoms with Crippen molar-refractivity contribution in [1.82, 2.24) is 0 Å². The highest BCUT2D eigenvalue weighted by molar-refractivity contribution is 6.03. The van der Waals surface area contributed by atoms with Gasteiger partial charge in [0.1, 0.15) is 23.0 Å². The number of benzene rings is 2. The maximum absolute atomic E-state index is 10.7. The molecule has 0 heterocycles. The van der Waals surface area contributed by atoms with Crippen LogP contribution in [-0.2, 0) is 0 Å². The predicted molar refractivity (Wildman–Crippen MR) is 99.2 cm³/mol. The van der Waals surface area contributed by atoms with Crippen molar-refractivity contribution < 1.29 is 24.1 Å². The van der Waals surface area contributed by atoms with E-state index in [1.807, 2.05) is 19.1 Å². The lowest BCUT2D eigenvalue weighted by Crippen LogP contribution is -2.04. The van der Waals surface area contributed by atoms with Crippen molar-refractivity contribution in [3.8, 4) is 23.0 Å². The molecule has 25 heavy (non-hydrogen) atoms. The van der Waals surface area contributed by atoms with Crippen molar-refractivity contribution >= 4 is 10.8 Å². The fraction of sp³-hybridized carbons (Fsp3) is 0.400. The first-order valence-corrected chi connectivity index (χ1v) is 8.10. The molecule has 0 radical (unpaired) electrons. The summed E-state index contributed by atoms with van der Waals surface area (Å²) in [6.07, 6.45) is 0.563. The van der Waals surface area contributed by atoms with Crippen LogP contribution in [0.4, 0.5) is 0 Å². The highest BCUT2D eigenvalue weighted by Crippen LogP contribution is 2.48. The highest BCUT2D eigenvalue weighted by Gasteiger charge is 2.24. The van der Waals surface area contributed by atoms with Crippen LogP contribution < -0.4 is 18.9 Å². The molecule has 1 N–H and O–H groups in total. The van der Waals surface area contributed by atoms with Crippen LogP contribution >= 0.6 is 0 Å². The summed E-state index contributed by atoms with van der Waals surface area (Å²) in [5.41, 5.74) is 1.67. The van der Waals surface area contributed by atoms with Gasteiger partial charge in [-0.1, -0.05) is 5.57 Å². The number of fused-ring (bicyclic) bond motifs is 1. The molecule has 136 valence electrons. The molecule has 0 aromatic heterocycles. The van der Waals surface area contributed by atoms with Crippen LogP contribution in [0.1, 0.15) is 31.4 Å². The Balaban J connectivity index is 2.78. The summed E-state index contributed by atoms with van der Waals surface area (Å²) < 4.78 is 22.2. The molecule has 0 amide bonds. The molecule has 5 nitrogen and oxygen atoms in total. The van der Waals surface area contributed by atoms with Crippen molar-refractivity contribution in [2.45, 2.75) is 25.9 Å². The lowest BCUT2D eigenvalue weighted by Gasteiger charge is -2.21. The van der Waals surface area contributed by atoms with E-state index in [-0.39, 0.29) is 0 Å². The van der Waals surface area contributed by atoms with Crippen molar-refractivity contribution in [3.05, 3.63) is 35.9 Å². The van der Waals surface area contributed by atoms with Gasteiger partial charge < -0.3 is 24.1 Å². The Hall–Kier alpha value is -2.40. The Bertz CT molecular complexity index is 767. The van der Waals surface area contributed by atoms with Gasteiger partial charge in [-0.3, -0.25) is 0 Å². The number of aliphatic hydroxyl groups is 1. The standard InChI is InChI=1S/C20H26O5/c1-12(2)7-8-14(21)13-11-17(24-5)18-15(22-3)9-10-16(23-4)19(18)20(13)25-6/h9-11,14,21H,1,7-8H2,2-6H3. The molecule has 2 aromatic rings. The minimum atomic E-state index is -0.708. The maximum Gasteiger partial charge on any atom is 0.136 e. The molecule has 2 rings (SSSR count). The van der Waals surface area contributed by atoms with Crippen LogP contribution in [0.5, 0.6) is 23.0 Å². The third kappa shape index (κ3) is 3.66.